The standard InChI is InChI=1S/C18H25NO6/c1-3-4-5-6-16(21)19-15(17(22)23)11-12(2)18(24)25-14-9-7-13(20)8-10-14/h7-10,12,15,20H,3-6,11H2,1-2H3,(H,19,21)(H,22,23)/t12?,15-/m0/s1. The van der Waals surface area contributed by atoms with Gasteiger partial charge in [0.2, 0.25) is 5.91 Å². The first-order valence-corrected chi connectivity index (χ1v) is 8.36. The lowest BCUT2D eigenvalue weighted by molar-refractivity contribution is -0.144. The van der Waals surface area contributed by atoms with Crippen LogP contribution in [0.1, 0.15) is 46.0 Å². The third-order valence-electron chi connectivity index (χ3n) is 3.69. The van der Waals surface area contributed by atoms with Crippen LogP contribution in [0.5, 0.6) is 11.5 Å². The van der Waals surface area contributed by atoms with Gasteiger partial charge in [0.15, 0.2) is 0 Å². The molecule has 0 fully saturated rings. The fourth-order valence-electron chi connectivity index (χ4n) is 2.20. The number of hydrogen-bond acceptors (Lipinski definition) is 5. The number of amides is 1. The molecule has 0 saturated carbocycles. The summed E-state index contributed by atoms with van der Waals surface area (Å²) in [6.45, 7) is 3.56. The van der Waals surface area contributed by atoms with Crippen molar-refractivity contribution in [2.24, 2.45) is 5.92 Å². The van der Waals surface area contributed by atoms with Crippen LogP contribution in [0.3, 0.4) is 0 Å². The van der Waals surface area contributed by atoms with Gasteiger partial charge in [-0.15, -0.1) is 0 Å². The Kier molecular flexibility index (Phi) is 8.46. The topological polar surface area (TPSA) is 113 Å². The van der Waals surface area contributed by atoms with Crippen LogP contribution in [-0.4, -0.2) is 34.1 Å². The predicted molar refractivity (Wildman–Crippen MR) is 91.2 cm³/mol. The molecular formula is C18H25NO6. The number of benzene rings is 1. The second-order valence-electron chi connectivity index (χ2n) is 5.97. The van der Waals surface area contributed by atoms with Crippen molar-refractivity contribution in [1.82, 2.24) is 5.32 Å². The van der Waals surface area contributed by atoms with Crippen molar-refractivity contribution < 1.29 is 29.3 Å². The van der Waals surface area contributed by atoms with Crippen LogP contribution in [0.25, 0.3) is 0 Å². The number of nitrogens with one attached hydrogen (secondary N) is 1. The molecule has 1 rings (SSSR count). The highest BCUT2D eigenvalue weighted by Gasteiger charge is 2.26. The van der Waals surface area contributed by atoms with Crippen LogP contribution in [0.2, 0.25) is 0 Å². The molecule has 1 aromatic carbocycles. The number of unbranched alkanes of at least 4 members (excludes halogenated alkanes) is 2. The van der Waals surface area contributed by atoms with E-state index in [9.17, 15) is 24.6 Å². The number of rotatable bonds is 10. The average molecular weight is 351 g/mol. The van der Waals surface area contributed by atoms with Crippen molar-refractivity contribution in [2.75, 3.05) is 0 Å². The Bertz CT molecular complexity index is 584. The SMILES string of the molecule is CCCCCC(=O)N[C@@H](CC(C)C(=O)Oc1ccc(O)cc1)C(=O)O. The number of aliphatic carboxylic acids is 1. The van der Waals surface area contributed by atoms with Gasteiger partial charge in [-0.05, 0) is 37.1 Å². The van der Waals surface area contributed by atoms with Crippen LogP contribution < -0.4 is 10.1 Å². The number of carbonyl (C=O) groups excluding carboxylic acids is 2. The molecule has 7 heteroatoms. The van der Waals surface area contributed by atoms with Crippen molar-refractivity contribution in [2.45, 2.75) is 52.0 Å². The molecule has 0 aliphatic carbocycles. The van der Waals surface area contributed by atoms with Gasteiger partial charge in [-0.25, -0.2) is 4.79 Å². The van der Waals surface area contributed by atoms with Crippen LogP contribution >= 0.6 is 0 Å². The summed E-state index contributed by atoms with van der Waals surface area (Å²) < 4.78 is 5.14. The first kappa shape index (κ1) is 20.5. The Hall–Kier alpha value is -2.57. The zero-order chi connectivity index (χ0) is 18.8. The lowest BCUT2D eigenvalue weighted by Crippen LogP contribution is -2.42. The van der Waals surface area contributed by atoms with E-state index in [2.05, 4.69) is 5.32 Å². The van der Waals surface area contributed by atoms with E-state index in [1.165, 1.54) is 24.3 Å². The van der Waals surface area contributed by atoms with Gasteiger partial charge in [-0.1, -0.05) is 26.7 Å². The lowest BCUT2D eigenvalue weighted by Gasteiger charge is -2.18. The Morgan fingerprint density at radius 1 is 1.16 bits per heavy atom. The first-order chi connectivity index (χ1) is 11.8. The highest BCUT2D eigenvalue weighted by atomic mass is 16.5. The van der Waals surface area contributed by atoms with Gasteiger partial charge in [0.25, 0.3) is 0 Å². The van der Waals surface area contributed by atoms with Gasteiger partial charge in [-0.3, -0.25) is 9.59 Å². The summed E-state index contributed by atoms with van der Waals surface area (Å²) in [4.78, 5) is 35.2. The van der Waals surface area contributed by atoms with E-state index in [-0.39, 0.29) is 30.2 Å². The van der Waals surface area contributed by atoms with Crippen LogP contribution in [0, 0.1) is 5.92 Å². The monoisotopic (exact) mass is 351 g/mol. The van der Waals surface area contributed by atoms with Gasteiger partial charge in [0, 0.05) is 6.42 Å². The summed E-state index contributed by atoms with van der Waals surface area (Å²) in [6.07, 6.45) is 2.78. The van der Waals surface area contributed by atoms with Gasteiger partial charge in [-0.2, -0.15) is 0 Å². The van der Waals surface area contributed by atoms with Crippen molar-refractivity contribution in [3.63, 3.8) is 0 Å². The molecule has 1 amide bonds. The maximum Gasteiger partial charge on any atom is 0.326 e. The summed E-state index contributed by atoms with van der Waals surface area (Å²) in [5.74, 6) is -2.54. The zero-order valence-electron chi connectivity index (χ0n) is 14.5. The third kappa shape index (κ3) is 7.69. The third-order valence-corrected chi connectivity index (χ3v) is 3.69. The Morgan fingerprint density at radius 3 is 2.36 bits per heavy atom. The van der Waals surface area contributed by atoms with E-state index in [0.29, 0.717) is 6.42 Å². The number of phenolic OH excluding ortho intramolecular Hbond substituents is 1. The average Bonchev–Trinajstić information content (AvgIpc) is 2.56. The first-order valence-electron chi connectivity index (χ1n) is 8.36. The molecule has 0 aromatic heterocycles. The van der Waals surface area contributed by atoms with Crippen LogP contribution in [0.4, 0.5) is 0 Å². The summed E-state index contributed by atoms with van der Waals surface area (Å²) in [6, 6.07) is 4.48. The minimum Gasteiger partial charge on any atom is -0.508 e. The summed E-state index contributed by atoms with van der Waals surface area (Å²) >= 11 is 0. The quantitative estimate of drug-likeness (QED) is 0.339. The van der Waals surface area contributed by atoms with Gasteiger partial charge < -0.3 is 20.3 Å². The number of carboxylic acids is 1. The molecule has 0 radical (unpaired) electrons. The van der Waals surface area contributed by atoms with E-state index in [4.69, 9.17) is 4.74 Å². The minimum absolute atomic E-state index is 0.0459. The van der Waals surface area contributed by atoms with Gasteiger partial charge >= 0.3 is 11.9 Å². The summed E-state index contributed by atoms with van der Waals surface area (Å²) in [5, 5.41) is 20.9. The Balaban J connectivity index is 2.55. The maximum atomic E-state index is 12.1. The molecular weight excluding hydrogens is 326 g/mol. The zero-order valence-corrected chi connectivity index (χ0v) is 14.5. The number of esters is 1. The van der Waals surface area contributed by atoms with Crippen molar-refractivity contribution in [3.8, 4) is 11.5 Å². The normalized spacial score (nSPS) is 12.9. The predicted octanol–water partition coefficient (Wildman–Crippen LogP) is 2.47. The van der Waals surface area contributed by atoms with Crippen LogP contribution in [-0.2, 0) is 14.4 Å². The van der Waals surface area contributed by atoms with Crippen LogP contribution in [0.15, 0.2) is 24.3 Å². The number of aromatic hydroxyl groups is 1. The molecule has 7 nitrogen and oxygen atoms in total. The number of carbonyl (C=O) groups is 3. The molecule has 1 unspecified atom stereocenters. The Morgan fingerprint density at radius 2 is 1.80 bits per heavy atom. The maximum absolute atomic E-state index is 12.1. The lowest BCUT2D eigenvalue weighted by atomic mass is 10.0. The molecule has 2 atom stereocenters. The van der Waals surface area contributed by atoms with Crippen molar-refractivity contribution in [1.29, 1.82) is 0 Å². The molecule has 0 aliphatic heterocycles. The molecule has 0 saturated heterocycles. The minimum atomic E-state index is -1.19. The number of phenols is 1. The molecule has 3 N–H and O–H groups in total. The van der Waals surface area contributed by atoms with Gasteiger partial charge in [0.05, 0.1) is 5.92 Å². The largest absolute Gasteiger partial charge is 0.508 e. The smallest absolute Gasteiger partial charge is 0.326 e. The second kappa shape index (κ2) is 10.3. The Labute approximate surface area is 147 Å². The molecule has 138 valence electrons. The van der Waals surface area contributed by atoms with Gasteiger partial charge in [0.1, 0.15) is 17.5 Å². The molecule has 0 heterocycles. The fourth-order valence-corrected chi connectivity index (χ4v) is 2.20. The van der Waals surface area contributed by atoms with Crippen molar-refractivity contribution >= 4 is 17.8 Å². The summed E-state index contributed by atoms with van der Waals surface area (Å²) in [5.41, 5.74) is 0. The second-order valence-corrected chi connectivity index (χ2v) is 5.97. The number of carboxylic acid groups (broad SMARTS) is 1. The van der Waals surface area contributed by atoms with E-state index in [0.717, 1.165) is 12.8 Å². The van der Waals surface area contributed by atoms with E-state index in [1.807, 2.05) is 6.92 Å². The molecule has 0 aliphatic rings. The molecule has 25 heavy (non-hydrogen) atoms. The molecule has 1 aromatic rings. The highest BCUT2D eigenvalue weighted by Crippen LogP contribution is 2.18. The number of ether oxygens (including phenoxy) is 1. The van der Waals surface area contributed by atoms with Crippen molar-refractivity contribution in [3.05, 3.63) is 24.3 Å². The molecule has 0 spiro atoms. The van der Waals surface area contributed by atoms with E-state index >= 15 is 0 Å². The number of hydrogen-bond donors (Lipinski definition) is 3. The highest BCUT2D eigenvalue weighted by molar-refractivity contribution is 5.84. The molecule has 0 bridgehead atoms. The van der Waals surface area contributed by atoms with E-state index < -0.39 is 23.9 Å². The fraction of sp³-hybridized carbons (Fsp3) is 0.500. The summed E-state index contributed by atoms with van der Waals surface area (Å²) in [7, 11) is 0. The van der Waals surface area contributed by atoms with E-state index in [1.54, 1.807) is 6.92 Å².